The standard InChI is InChI=1S/C19H19NO4/c1-23-18-12-15(9-10-17(18)13-21)8-5-11-20-19(22)24-14-16-6-3-2-4-7-16/h2-4,6-7,9-10,12,21H,11,13-14H2,1H3,(H,20,22). The molecule has 124 valence electrons. The van der Waals surface area contributed by atoms with Gasteiger partial charge in [0.15, 0.2) is 0 Å². The molecule has 0 fully saturated rings. The van der Waals surface area contributed by atoms with Gasteiger partial charge >= 0.3 is 6.09 Å². The van der Waals surface area contributed by atoms with Crippen molar-refractivity contribution in [3.63, 3.8) is 0 Å². The molecule has 2 rings (SSSR count). The van der Waals surface area contributed by atoms with Crippen LogP contribution in [-0.2, 0) is 18.0 Å². The number of hydrogen-bond donors (Lipinski definition) is 2. The van der Waals surface area contributed by atoms with Gasteiger partial charge in [-0.15, -0.1) is 0 Å². The molecule has 1 amide bonds. The molecular weight excluding hydrogens is 306 g/mol. The van der Waals surface area contributed by atoms with Crippen LogP contribution in [-0.4, -0.2) is 24.9 Å². The average molecular weight is 325 g/mol. The van der Waals surface area contributed by atoms with E-state index in [1.165, 1.54) is 7.11 Å². The Morgan fingerprint density at radius 3 is 2.71 bits per heavy atom. The van der Waals surface area contributed by atoms with Crippen molar-refractivity contribution in [3.05, 3.63) is 65.2 Å². The van der Waals surface area contributed by atoms with Crippen LogP contribution in [0.4, 0.5) is 4.79 Å². The van der Waals surface area contributed by atoms with Crippen LogP contribution in [0.2, 0.25) is 0 Å². The van der Waals surface area contributed by atoms with Crippen molar-refractivity contribution in [2.45, 2.75) is 13.2 Å². The fraction of sp³-hybridized carbons (Fsp3) is 0.211. The topological polar surface area (TPSA) is 67.8 Å². The lowest BCUT2D eigenvalue weighted by molar-refractivity contribution is 0.141. The first-order valence-electron chi connectivity index (χ1n) is 7.44. The Hall–Kier alpha value is -2.97. The number of hydrogen-bond acceptors (Lipinski definition) is 4. The normalized spacial score (nSPS) is 9.58. The quantitative estimate of drug-likeness (QED) is 0.829. The zero-order valence-corrected chi connectivity index (χ0v) is 13.4. The van der Waals surface area contributed by atoms with Crippen molar-refractivity contribution in [1.82, 2.24) is 5.32 Å². The highest BCUT2D eigenvalue weighted by atomic mass is 16.5. The highest BCUT2D eigenvalue weighted by Gasteiger charge is 2.02. The van der Waals surface area contributed by atoms with Gasteiger partial charge in [0.1, 0.15) is 12.4 Å². The third kappa shape index (κ3) is 5.34. The summed E-state index contributed by atoms with van der Waals surface area (Å²) in [4.78, 5) is 11.6. The summed E-state index contributed by atoms with van der Waals surface area (Å²) in [5.41, 5.74) is 2.36. The first-order chi connectivity index (χ1) is 11.7. The number of aliphatic hydroxyl groups is 1. The number of aliphatic hydroxyl groups excluding tert-OH is 1. The molecule has 2 aromatic carbocycles. The van der Waals surface area contributed by atoms with Crippen LogP contribution < -0.4 is 10.1 Å². The summed E-state index contributed by atoms with van der Waals surface area (Å²) in [6.45, 7) is 0.309. The monoisotopic (exact) mass is 325 g/mol. The number of methoxy groups -OCH3 is 1. The second-order valence-corrected chi connectivity index (χ2v) is 4.90. The van der Waals surface area contributed by atoms with Crippen molar-refractivity contribution < 1.29 is 19.4 Å². The van der Waals surface area contributed by atoms with Gasteiger partial charge in [-0.3, -0.25) is 0 Å². The van der Waals surface area contributed by atoms with E-state index in [2.05, 4.69) is 17.2 Å². The van der Waals surface area contributed by atoms with Crippen LogP contribution in [0.15, 0.2) is 48.5 Å². The SMILES string of the molecule is COc1cc(C#CCNC(=O)OCc2ccccc2)ccc1CO. The molecule has 0 saturated heterocycles. The van der Waals surface area contributed by atoms with Crippen LogP contribution in [0, 0.1) is 11.8 Å². The molecule has 0 radical (unpaired) electrons. The van der Waals surface area contributed by atoms with Crippen LogP contribution in [0.3, 0.4) is 0 Å². The van der Waals surface area contributed by atoms with Gasteiger partial charge < -0.3 is 19.9 Å². The Labute approximate surface area is 141 Å². The summed E-state index contributed by atoms with van der Waals surface area (Å²) >= 11 is 0. The Morgan fingerprint density at radius 1 is 1.21 bits per heavy atom. The third-order valence-electron chi connectivity index (χ3n) is 3.22. The highest BCUT2D eigenvalue weighted by Crippen LogP contribution is 2.19. The van der Waals surface area contributed by atoms with Crippen molar-refractivity contribution in [1.29, 1.82) is 0 Å². The molecule has 5 heteroatoms. The largest absolute Gasteiger partial charge is 0.496 e. The highest BCUT2D eigenvalue weighted by molar-refractivity contribution is 5.67. The minimum atomic E-state index is -0.513. The molecule has 0 saturated carbocycles. The molecule has 0 aliphatic rings. The summed E-state index contributed by atoms with van der Waals surface area (Å²) in [5.74, 6) is 6.34. The van der Waals surface area contributed by atoms with Crippen LogP contribution in [0.25, 0.3) is 0 Å². The molecule has 0 unspecified atom stereocenters. The van der Waals surface area contributed by atoms with Crippen molar-refractivity contribution >= 4 is 6.09 Å². The summed E-state index contributed by atoms with van der Waals surface area (Å²) in [5, 5.41) is 11.7. The second-order valence-electron chi connectivity index (χ2n) is 4.90. The molecular formula is C19H19NO4. The van der Waals surface area contributed by atoms with E-state index < -0.39 is 6.09 Å². The van der Waals surface area contributed by atoms with E-state index in [0.717, 1.165) is 11.1 Å². The average Bonchev–Trinajstić information content (AvgIpc) is 2.64. The summed E-state index contributed by atoms with van der Waals surface area (Å²) in [6, 6.07) is 14.7. The fourth-order valence-corrected chi connectivity index (χ4v) is 1.99. The maximum atomic E-state index is 11.6. The first kappa shape index (κ1) is 17.4. The molecule has 0 aliphatic carbocycles. The van der Waals surface area contributed by atoms with Gasteiger partial charge in [0.25, 0.3) is 0 Å². The number of benzene rings is 2. The minimum Gasteiger partial charge on any atom is -0.496 e. The molecule has 0 atom stereocenters. The Kier molecular flexibility index (Phi) is 6.69. The smallest absolute Gasteiger partial charge is 0.408 e. The molecule has 2 aromatic rings. The van der Waals surface area contributed by atoms with Gasteiger partial charge in [-0.1, -0.05) is 48.2 Å². The summed E-state index contributed by atoms with van der Waals surface area (Å²) in [6.07, 6.45) is -0.513. The molecule has 0 bridgehead atoms. The van der Waals surface area contributed by atoms with Gasteiger partial charge in [-0.05, 0) is 17.7 Å². The molecule has 0 spiro atoms. The van der Waals surface area contributed by atoms with E-state index in [-0.39, 0.29) is 19.8 Å². The number of ether oxygens (including phenoxy) is 2. The summed E-state index contributed by atoms with van der Waals surface area (Å²) in [7, 11) is 1.54. The van der Waals surface area contributed by atoms with Crippen LogP contribution >= 0.6 is 0 Å². The van der Waals surface area contributed by atoms with E-state index in [1.54, 1.807) is 18.2 Å². The van der Waals surface area contributed by atoms with Gasteiger partial charge in [0.05, 0.1) is 20.3 Å². The van der Waals surface area contributed by atoms with Crippen molar-refractivity contribution in [2.75, 3.05) is 13.7 Å². The molecule has 2 N–H and O–H groups in total. The molecule has 0 aromatic heterocycles. The maximum absolute atomic E-state index is 11.6. The zero-order valence-electron chi connectivity index (χ0n) is 13.4. The molecule has 24 heavy (non-hydrogen) atoms. The lowest BCUT2D eigenvalue weighted by Crippen LogP contribution is -2.24. The lowest BCUT2D eigenvalue weighted by Gasteiger charge is -2.06. The second kappa shape index (κ2) is 9.23. The Morgan fingerprint density at radius 2 is 2.00 bits per heavy atom. The fourth-order valence-electron chi connectivity index (χ4n) is 1.99. The van der Waals surface area contributed by atoms with Crippen molar-refractivity contribution in [3.8, 4) is 17.6 Å². The van der Waals surface area contributed by atoms with Gasteiger partial charge in [0.2, 0.25) is 0 Å². The van der Waals surface area contributed by atoms with E-state index in [4.69, 9.17) is 9.47 Å². The number of nitrogens with one attached hydrogen (secondary N) is 1. The Bertz CT molecular complexity index is 732. The predicted octanol–water partition coefficient (Wildman–Crippen LogP) is 2.47. The van der Waals surface area contributed by atoms with E-state index in [9.17, 15) is 9.90 Å². The van der Waals surface area contributed by atoms with Gasteiger partial charge in [-0.25, -0.2) is 4.79 Å². The Balaban J connectivity index is 1.80. The maximum Gasteiger partial charge on any atom is 0.408 e. The van der Waals surface area contributed by atoms with Gasteiger partial charge in [-0.2, -0.15) is 0 Å². The number of rotatable bonds is 5. The minimum absolute atomic E-state index is 0.0916. The van der Waals surface area contributed by atoms with E-state index >= 15 is 0 Å². The number of amides is 1. The molecule has 0 heterocycles. The van der Waals surface area contributed by atoms with Crippen LogP contribution in [0.1, 0.15) is 16.7 Å². The van der Waals surface area contributed by atoms with E-state index in [1.807, 2.05) is 30.3 Å². The molecule has 5 nitrogen and oxygen atoms in total. The number of alkyl carbamates (subject to hydrolysis) is 1. The number of carbonyl (C=O) groups excluding carboxylic acids is 1. The van der Waals surface area contributed by atoms with Crippen molar-refractivity contribution in [2.24, 2.45) is 0 Å². The van der Waals surface area contributed by atoms with E-state index in [0.29, 0.717) is 11.3 Å². The third-order valence-corrected chi connectivity index (χ3v) is 3.22. The first-order valence-corrected chi connectivity index (χ1v) is 7.44. The number of carbonyl (C=O) groups is 1. The van der Waals surface area contributed by atoms with Crippen LogP contribution in [0.5, 0.6) is 5.75 Å². The summed E-state index contributed by atoms with van der Waals surface area (Å²) < 4.78 is 10.3. The predicted molar refractivity (Wildman–Crippen MR) is 90.4 cm³/mol. The molecule has 0 aliphatic heterocycles. The van der Waals surface area contributed by atoms with Gasteiger partial charge in [0, 0.05) is 11.1 Å². The zero-order chi connectivity index (χ0) is 17.2. The lowest BCUT2D eigenvalue weighted by atomic mass is 10.1.